The molecular formula is C23H37ClN2O. The Hall–Kier alpha value is -0.610. The van der Waals surface area contributed by atoms with E-state index in [0.717, 1.165) is 63.4 Å². The van der Waals surface area contributed by atoms with E-state index < -0.39 is 5.60 Å². The normalized spacial score (nSPS) is 29.6. The van der Waals surface area contributed by atoms with Crippen LogP contribution >= 0.6 is 11.6 Å². The van der Waals surface area contributed by atoms with Crippen LogP contribution in [-0.4, -0.2) is 60.3 Å². The van der Waals surface area contributed by atoms with Crippen LogP contribution in [0.1, 0.15) is 57.9 Å². The van der Waals surface area contributed by atoms with Crippen molar-refractivity contribution in [3.05, 3.63) is 34.9 Å². The van der Waals surface area contributed by atoms with Crippen molar-refractivity contribution in [1.82, 2.24) is 9.80 Å². The van der Waals surface area contributed by atoms with Gasteiger partial charge in [0.15, 0.2) is 0 Å². The minimum absolute atomic E-state index is 0.125. The van der Waals surface area contributed by atoms with Gasteiger partial charge in [0, 0.05) is 43.7 Å². The molecule has 0 aromatic heterocycles. The molecule has 1 aliphatic carbocycles. The highest BCUT2D eigenvalue weighted by Gasteiger charge is 2.43. The summed E-state index contributed by atoms with van der Waals surface area (Å²) in [4.78, 5) is 4.91. The SMILES string of the molecule is CN1CCN(CC(c2cccc(Cl)c2)C2(O)CCC(C(C)(C)C)CC2)CC1. The Morgan fingerprint density at radius 3 is 2.33 bits per heavy atom. The first kappa shape index (κ1) is 21.1. The molecule has 1 saturated heterocycles. The Morgan fingerprint density at radius 2 is 1.78 bits per heavy atom. The van der Waals surface area contributed by atoms with Crippen molar-refractivity contribution in [2.45, 2.75) is 58.0 Å². The van der Waals surface area contributed by atoms with Gasteiger partial charge >= 0.3 is 0 Å². The lowest BCUT2D eigenvalue weighted by atomic mass is 9.64. The molecule has 1 aliphatic heterocycles. The average Bonchev–Trinajstić information content (AvgIpc) is 2.60. The van der Waals surface area contributed by atoms with Gasteiger partial charge in [-0.15, -0.1) is 0 Å². The van der Waals surface area contributed by atoms with Gasteiger partial charge in [-0.05, 0) is 61.8 Å². The van der Waals surface area contributed by atoms with Crippen LogP contribution in [0.25, 0.3) is 0 Å². The van der Waals surface area contributed by atoms with Crippen molar-refractivity contribution in [2.24, 2.45) is 11.3 Å². The molecule has 0 spiro atoms. The van der Waals surface area contributed by atoms with Crippen LogP contribution < -0.4 is 0 Å². The Morgan fingerprint density at radius 1 is 1.15 bits per heavy atom. The van der Waals surface area contributed by atoms with Gasteiger partial charge in [0.1, 0.15) is 0 Å². The topological polar surface area (TPSA) is 26.7 Å². The van der Waals surface area contributed by atoms with E-state index in [1.165, 1.54) is 5.56 Å². The first-order valence-electron chi connectivity index (χ1n) is 10.6. The maximum Gasteiger partial charge on any atom is 0.0728 e. The zero-order valence-corrected chi connectivity index (χ0v) is 18.3. The number of hydrogen-bond acceptors (Lipinski definition) is 3. The highest BCUT2D eigenvalue weighted by molar-refractivity contribution is 6.30. The van der Waals surface area contributed by atoms with Crippen LogP contribution in [0, 0.1) is 11.3 Å². The molecule has 2 fully saturated rings. The van der Waals surface area contributed by atoms with E-state index in [0.29, 0.717) is 11.3 Å². The molecular weight excluding hydrogens is 356 g/mol. The van der Waals surface area contributed by atoms with Crippen LogP contribution in [0.15, 0.2) is 24.3 Å². The molecule has 152 valence electrons. The lowest BCUT2D eigenvalue weighted by Crippen LogP contribution is -2.50. The summed E-state index contributed by atoms with van der Waals surface area (Å²) in [6.07, 6.45) is 4.00. The summed E-state index contributed by atoms with van der Waals surface area (Å²) in [5.74, 6) is 0.821. The third kappa shape index (κ3) is 5.26. The number of nitrogens with zero attached hydrogens (tertiary/aromatic N) is 2. The van der Waals surface area contributed by atoms with E-state index in [1.54, 1.807) is 0 Å². The molecule has 27 heavy (non-hydrogen) atoms. The van der Waals surface area contributed by atoms with Crippen LogP contribution in [0.3, 0.4) is 0 Å². The third-order valence-electron chi connectivity index (χ3n) is 7.01. The van der Waals surface area contributed by atoms with Gasteiger partial charge in [0.25, 0.3) is 0 Å². The molecule has 0 bridgehead atoms. The van der Waals surface area contributed by atoms with Gasteiger partial charge in [-0.25, -0.2) is 0 Å². The van der Waals surface area contributed by atoms with Crippen molar-refractivity contribution in [2.75, 3.05) is 39.8 Å². The Balaban J connectivity index is 1.79. The molecule has 2 aliphatic rings. The van der Waals surface area contributed by atoms with Gasteiger partial charge in [-0.2, -0.15) is 0 Å². The van der Waals surface area contributed by atoms with Crippen LogP contribution in [0.2, 0.25) is 5.02 Å². The summed E-state index contributed by atoms with van der Waals surface area (Å²) in [5.41, 5.74) is 0.887. The quantitative estimate of drug-likeness (QED) is 0.808. The van der Waals surface area contributed by atoms with E-state index in [9.17, 15) is 5.11 Å². The highest BCUT2D eigenvalue weighted by Crippen LogP contribution is 2.47. The minimum atomic E-state index is -0.629. The van der Waals surface area contributed by atoms with Crippen molar-refractivity contribution in [3.63, 3.8) is 0 Å². The zero-order chi connectivity index (χ0) is 19.7. The lowest BCUT2D eigenvalue weighted by molar-refractivity contribution is -0.0552. The van der Waals surface area contributed by atoms with E-state index in [2.05, 4.69) is 49.8 Å². The standard InChI is InChI=1S/C23H37ClN2O/c1-22(2,3)19-8-10-23(27,11-9-19)21(18-6-5-7-20(24)16-18)17-26-14-12-25(4)13-15-26/h5-7,16,19,21,27H,8-15,17H2,1-4H3. The predicted octanol–water partition coefficient (Wildman–Crippen LogP) is 4.64. The summed E-state index contributed by atoms with van der Waals surface area (Å²) < 4.78 is 0. The second-order valence-electron chi connectivity index (χ2n) is 9.96. The van der Waals surface area contributed by atoms with Gasteiger partial charge in [-0.1, -0.05) is 44.5 Å². The summed E-state index contributed by atoms with van der Waals surface area (Å²) in [6.45, 7) is 12.3. The van der Waals surface area contributed by atoms with Crippen LogP contribution in [0.4, 0.5) is 0 Å². The fourth-order valence-electron chi connectivity index (χ4n) is 4.93. The monoisotopic (exact) mass is 392 g/mol. The molecule has 3 rings (SSSR count). The van der Waals surface area contributed by atoms with Crippen LogP contribution in [-0.2, 0) is 0 Å². The average molecular weight is 393 g/mol. The zero-order valence-electron chi connectivity index (χ0n) is 17.5. The molecule has 0 radical (unpaired) electrons. The predicted molar refractivity (Wildman–Crippen MR) is 114 cm³/mol. The Kier molecular flexibility index (Phi) is 6.57. The van der Waals surface area contributed by atoms with E-state index >= 15 is 0 Å². The number of aliphatic hydroxyl groups is 1. The van der Waals surface area contributed by atoms with Crippen molar-refractivity contribution >= 4 is 11.6 Å². The van der Waals surface area contributed by atoms with E-state index in [-0.39, 0.29) is 5.92 Å². The number of benzene rings is 1. The number of piperazine rings is 1. The number of halogens is 1. The summed E-state index contributed by atoms with van der Waals surface area (Å²) in [6, 6.07) is 8.17. The van der Waals surface area contributed by atoms with Gasteiger partial charge in [0.2, 0.25) is 0 Å². The van der Waals surface area contributed by atoms with Gasteiger partial charge in [-0.3, -0.25) is 0 Å². The summed E-state index contributed by atoms with van der Waals surface area (Å²) in [5, 5.41) is 12.5. The Bertz CT molecular complexity index is 611. The molecule has 1 N–H and O–H groups in total. The maximum atomic E-state index is 11.8. The smallest absolute Gasteiger partial charge is 0.0728 e. The molecule has 3 nitrogen and oxygen atoms in total. The van der Waals surface area contributed by atoms with Gasteiger partial charge < -0.3 is 14.9 Å². The summed E-state index contributed by atoms with van der Waals surface area (Å²) in [7, 11) is 2.19. The molecule has 1 heterocycles. The van der Waals surface area contributed by atoms with Crippen molar-refractivity contribution in [1.29, 1.82) is 0 Å². The fraction of sp³-hybridized carbons (Fsp3) is 0.739. The number of likely N-dealkylation sites (N-methyl/N-ethyl adjacent to an activating group) is 1. The second-order valence-corrected chi connectivity index (χ2v) is 10.4. The number of hydrogen-bond donors (Lipinski definition) is 1. The third-order valence-corrected chi connectivity index (χ3v) is 7.25. The highest BCUT2D eigenvalue weighted by atomic mass is 35.5. The molecule has 1 unspecified atom stereocenters. The molecule has 1 aromatic carbocycles. The van der Waals surface area contributed by atoms with E-state index in [4.69, 9.17) is 11.6 Å². The summed E-state index contributed by atoms with van der Waals surface area (Å²) >= 11 is 6.32. The second kappa shape index (κ2) is 8.41. The molecule has 1 aromatic rings. The maximum absolute atomic E-state index is 11.8. The first-order chi connectivity index (χ1) is 12.7. The molecule has 0 amide bonds. The Labute approximate surface area is 170 Å². The number of rotatable bonds is 4. The minimum Gasteiger partial charge on any atom is -0.389 e. The fourth-order valence-corrected chi connectivity index (χ4v) is 5.13. The molecule has 4 heteroatoms. The van der Waals surface area contributed by atoms with Gasteiger partial charge in [0.05, 0.1) is 5.60 Å². The van der Waals surface area contributed by atoms with E-state index in [1.807, 2.05) is 12.1 Å². The lowest BCUT2D eigenvalue weighted by Gasteiger charge is -2.47. The van der Waals surface area contributed by atoms with Crippen molar-refractivity contribution < 1.29 is 5.11 Å². The van der Waals surface area contributed by atoms with Crippen LogP contribution in [0.5, 0.6) is 0 Å². The first-order valence-corrected chi connectivity index (χ1v) is 10.9. The molecule has 1 saturated carbocycles. The largest absolute Gasteiger partial charge is 0.389 e. The molecule has 1 atom stereocenters. The van der Waals surface area contributed by atoms with Crippen molar-refractivity contribution in [3.8, 4) is 0 Å².